The number of anilines is 1. The Bertz CT molecular complexity index is 1170. The molecule has 3 aromatic carbocycles. The zero-order chi connectivity index (χ0) is 23.8. The van der Waals surface area contributed by atoms with Gasteiger partial charge in [-0.2, -0.15) is 0 Å². The molecule has 0 aliphatic carbocycles. The van der Waals surface area contributed by atoms with Crippen molar-refractivity contribution in [3.8, 4) is 17.6 Å². The van der Waals surface area contributed by atoms with E-state index in [4.69, 9.17) is 16.3 Å². The molecule has 0 bridgehead atoms. The molecule has 0 saturated carbocycles. The van der Waals surface area contributed by atoms with Crippen LogP contribution in [0.1, 0.15) is 31.9 Å². The first-order valence-electron chi connectivity index (χ1n) is 10.5. The Morgan fingerprint density at radius 1 is 1.09 bits per heavy atom. The molecule has 3 rings (SSSR count). The van der Waals surface area contributed by atoms with Crippen LogP contribution in [-0.4, -0.2) is 17.3 Å². The van der Waals surface area contributed by atoms with E-state index in [9.17, 15) is 9.18 Å². The molecule has 0 atom stereocenters. The predicted molar refractivity (Wildman–Crippen MR) is 135 cm³/mol. The summed E-state index contributed by atoms with van der Waals surface area (Å²) < 4.78 is 19.1. The lowest BCUT2D eigenvalue weighted by atomic mass is 10.1. The number of halogens is 2. The van der Waals surface area contributed by atoms with Gasteiger partial charge in [0.05, 0.1) is 11.4 Å². The minimum absolute atomic E-state index is 0.00130. The molecule has 6 heteroatoms. The fraction of sp³-hybridized carbons (Fsp3) is 0.222. The molecule has 0 fully saturated rings. The average Bonchev–Trinajstić information content (AvgIpc) is 2.77. The number of benzene rings is 3. The lowest BCUT2D eigenvalue weighted by Gasteiger charge is -2.20. The fourth-order valence-corrected chi connectivity index (χ4v) is 3.81. The molecule has 0 unspecified atom stereocenters. The van der Waals surface area contributed by atoms with E-state index in [2.05, 4.69) is 24.1 Å². The molecule has 0 aliphatic heterocycles. The van der Waals surface area contributed by atoms with Gasteiger partial charge in [0.1, 0.15) is 11.6 Å². The molecule has 33 heavy (non-hydrogen) atoms. The maximum absolute atomic E-state index is 13.3. The number of carbonyl (C=O) groups is 1. The number of nitrogens with one attached hydrogen (secondary N) is 1. The monoisotopic (exact) mass is 481 g/mol. The first-order valence-corrected chi connectivity index (χ1v) is 11.9. The van der Waals surface area contributed by atoms with E-state index in [-0.39, 0.29) is 10.9 Å². The number of rotatable bonds is 7. The lowest BCUT2D eigenvalue weighted by Crippen LogP contribution is -2.25. The SMILES string of the molecule is CCSc1ccc(CC(=O)Nc2ccc(C#CC(C)(C)Oc3ccc(F)c(Cl)c3)cc2)cc1. The van der Waals surface area contributed by atoms with Gasteiger partial charge in [-0.05, 0) is 73.7 Å². The molecule has 0 radical (unpaired) electrons. The van der Waals surface area contributed by atoms with Crippen LogP contribution in [0.2, 0.25) is 5.02 Å². The Morgan fingerprint density at radius 2 is 1.79 bits per heavy atom. The van der Waals surface area contributed by atoms with Crippen molar-refractivity contribution >= 4 is 35.0 Å². The summed E-state index contributed by atoms with van der Waals surface area (Å²) in [5.41, 5.74) is 1.66. The molecule has 0 aromatic heterocycles. The van der Waals surface area contributed by atoms with Gasteiger partial charge in [-0.15, -0.1) is 11.8 Å². The van der Waals surface area contributed by atoms with Crippen LogP contribution in [0.4, 0.5) is 10.1 Å². The standard InChI is InChI=1S/C27H25ClFNO2S/c1-4-33-23-12-7-20(8-13-23)17-26(31)30-21-9-5-19(6-10-21)15-16-27(2,3)32-22-11-14-25(29)24(28)18-22/h5-14,18H,4,17H2,1-3H3,(H,30,31). The summed E-state index contributed by atoms with van der Waals surface area (Å²) in [6.07, 6.45) is 0.317. The van der Waals surface area contributed by atoms with E-state index < -0.39 is 11.4 Å². The van der Waals surface area contributed by atoms with Crippen molar-refractivity contribution in [3.05, 3.63) is 88.7 Å². The Labute approximate surface area is 203 Å². The maximum Gasteiger partial charge on any atom is 0.228 e. The van der Waals surface area contributed by atoms with E-state index in [0.29, 0.717) is 17.9 Å². The van der Waals surface area contributed by atoms with Gasteiger partial charge in [0.15, 0.2) is 5.60 Å². The number of hydrogen-bond acceptors (Lipinski definition) is 3. The summed E-state index contributed by atoms with van der Waals surface area (Å²) in [5.74, 6) is 7.03. The van der Waals surface area contributed by atoms with Crippen LogP contribution in [0.5, 0.6) is 5.75 Å². The summed E-state index contributed by atoms with van der Waals surface area (Å²) in [6, 6.07) is 19.6. The Balaban J connectivity index is 1.56. The molecular formula is C27H25ClFNO2S. The van der Waals surface area contributed by atoms with Crippen LogP contribution in [0.3, 0.4) is 0 Å². The van der Waals surface area contributed by atoms with Gasteiger partial charge in [0.25, 0.3) is 0 Å². The summed E-state index contributed by atoms with van der Waals surface area (Å²) in [7, 11) is 0. The van der Waals surface area contributed by atoms with Crippen LogP contribution >= 0.6 is 23.4 Å². The molecule has 3 nitrogen and oxygen atoms in total. The zero-order valence-electron chi connectivity index (χ0n) is 18.7. The highest BCUT2D eigenvalue weighted by Gasteiger charge is 2.17. The molecule has 0 saturated heterocycles. The van der Waals surface area contributed by atoms with Crippen molar-refractivity contribution in [1.29, 1.82) is 0 Å². The predicted octanol–water partition coefficient (Wildman–Crippen LogP) is 6.98. The van der Waals surface area contributed by atoms with Gasteiger partial charge in [0, 0.05) is 22.2 Å². The topological polar surface area (TPSA) is 38.3 Å². The van der Waals surface area contributed by atoms with E-state index in [1.54, 1.807) is 11.8 Å². The number of amides is 1. The van der Waals surface area contributed by atoms with Gasteiger partial charge in [-0.1, -0.05) is 42.5 Å². The van der Waals surface area contributed by atoms with Crippen LogP contribution in [0.25, 0.3) is 0 Å². The Hall–Kier alpha value is -2.94. The van der Waals surface area contributed by atoms with E-state index in [1.807, 2.05) is 62.4 Å². The van der Waals surface area contributed by atoms with Crippen LogP contribution in [0, 0.1) is 17.7 Å². The van der Waals surface area contributed by atoms with E-state index in [1.165, 1.54) is 23.1 Å². The number of hydrogen-bond donors (Lipinski definition) is 1. The molecule has 170 valence electrons. The second-order valence-corrected chi connectivity index (χ2v) is 9.56. The van der Waals surface area contributed by atoms with Crippen molar-refractivity contribution in [3.63, 3.8) is 0 Å². The van der Waals surface area contributed by atoms with Gasteiger partial charge >= 0.3 is 0 Å². The molecule has 1 N–H and O–H groups in total. The van der Waals surface area contributed by atoms with Gasteiger partial charge in [0.2, 0.25) is 5.91 Å². The van der Waals surface area contributed by atoms with Crippen molar-refractivity contribution in [2.45, 2.75) is 37.7 Å². The largest absolute Gasteiger partial charge is 0.475 e. The van der Waals surface area contributed by atoms with E-state index in [0.717, 1.165) is 16.9 Å². The lowest BCUT2D eigenvalue weighted by molar-refractivity contribution is -0.115. The fourth-order valence-electron chi connectivity index (χ4n) is 2.98. The third-order valence-corrected chi connectivity index (χ3v) is 5.72. The average molecular weight is 482 g/mol. The highest BCUT2D eigenvalue weighted by Crippen LogP contribution is 2.24. The second-order valence-electron chi connectivity index (χ2n) is 7.82. The highest BCUT2D eigenvalue weighted by atomic mass is 35.5. The number of thioether (sulfide) groups is 1. The smallest absolute Gasteiger partial charge is 0.228 e. The summed E-state index contributed by atoms with van der Waals surface area (Å²) in [5, 5.41) is 2.91. The van der Waals surface area contributed by atoms with Gasteiger partial charge in [-0.3, -0.25) is 4.79 Å². The maximum atomic E-state index is 13.3. The third kappa shape index (κ3) is 7.85. The van der Waals surface area contributed by atoms with Crippen LogP contribution < -0.4 is 10.1 Å². The molecule has 0 heterocycles. The quantitative estimate of drug-likeness (QED) is 0.292. The molecule has 3 aromatic rings. The normalized spacial score (nSPS) is 10.8. The first kappa shape index (κ1) is 24.7. The molecular weight excluding hydrogens is 457 g/mol. The first-order chi connectivity index (χ1) is 15.7. The number of carbonyl (C=O) groups excluding carboxylic acids is 1. The van der Waals surface area contributed by atoms with Crippen molar-refractivity contribution in [2.24, 2.45) is 0 Å². The summed E-state index contributed by atoms with van der Waals surface area (Å²) in [6.45, 7) is 5.75. The van der Waals surface area contributed by atoms with E-state index >= 15 is 0 Å². The van der Waals surface area contributed by atoms with Gasteiger partial charge < -0.3 is 10.1 Å². The van der Waals surface area contributed by atoms with Crippen LogP contribution in [-0.2, 0) is 11.2 Å². The zero-order valence-corrected chi connectivity index (χ0v) is 20.3. The van der Waals surface area contributed by atoms with Gasteiger partial charge in [-0.25, -0.2) is 4.39 Å². The highest BCUT2D eigenvalue weighted by molar-refractivity contribution is 7.99. The number of ether oxygens (including phenoxy) is 1. The summed E-state index contributed by atoms with van der Waals surface area (Å²) in [4.78, 5) is 13.6. The van der Waals surface area contributed by atoms with Crippen LogP contribution in [0.15, 0.2) is 71.6 Å². The molecule has 0 aliphatic rings. The Kier molecular flexibility index (Phi) is 8.43. The minimum atomic E-state index is -0.806. The molecule has 1 amide bonds. The second kappa shape index (κ2) is 11.3. The molecule has 0 spiro atoms. The third-order valence-electron chi connectivity index (χ3n) is 4.54. The minimum Gasteiger partial charge on any atom is -0.475 e. The summed E-state index contributed by atoms with van der Waals surface area (Å²) >= 11 is 7.58. The van der Waals surface area contributed by atoms with Crippen molar-refractivity contribution < 1.29 is 13.9 Å². The Morgan fingerprint density at radius 3 is 2.42 bits per heavy atom. The van der Waals surface area contributed by atoms with Crippen molar-refractivity contribution in [1.82, 2.24) is 0 Å². The van der Waals surface area contributed by atoms with Crippen molar-refractivity contribution in [2.75, 3.05) is 11.1 Å².